The Labute approximate surface area is 174 Å². The lowest BCUT2D eigenvalue weighted by Gasteiger charge is -2.04. The van der Waals surface area contributed by atoms with Gasteiger partial charge in [-0.15, -0.1) is 22.7 Å². The Hall–Kier alpha value is -1.93. The molecule has 0 aliphatic rings. The van der Waals surface area contributed by atoms with Crippen LogP contribution in [0.15, 0.2) is 41.9 Å². The lowest BCUT2D eigenvalue weighted by atomic mass is 10.1. The Morgan fingerprint density at radius 1 is 1.19 bits per heavy atom. The predicted octanol–water partition coefficient (Wildman–Crippen LogP) is 4.86. The van der Waals surface area contributed by atoms with E-state index in [-0.39, 0.29) is 24.8 Å². The Morgan fingerprint density at radius 2 is 2.04 bits per heavy atom. The number of nitrogens with one attached hydrogen (secondary N) is 2. The van der Waals surface area contributed by atoms with E-state index in [2.05, 4.69) is 15.6 Å². The molecule has 2 heterocycles. The molecule has 27 heavy (non-hydrogen) atoms. The van der Waals surface area contributed by atoms with Crippen LogP contribution < -0.4 is 10.6 Å². The third-order valence-corrected chi connectivity index (χ3v) is 5.94. The fourth-order valence-electron chi connectivity index (χ4n) is 2.28. The van der Waals surface area contributed by atoms with E-state index in [1.165, 1.54) is 22.7 Å². The number of benzene rings is 1. The highest BCUT2D eigenvalue weighted by Crippen LogP contribution is 2.27. The molecule has 1 aromatic carbocycles. The summed E-state index contributed by atoms with van der Waals surface area (Å²) in [4.78, 5) is 29.6. The fraction of sp³-hybridized carbons (Fsp3) is 0.167. The number of hydrogen-bond donors (Lipinski definition) is 2. The fourth-order valence-corrected chi connectivity index (χ4v) is 4.15. The monoisotopic (exact) mass is 439 g/mol. The third kappa shape index (κ3) is 5.77. The average Bonchev–Trinajstić information content (AvgIpc) is 3.30. The molecule has 9 heteroatoms. The van der Waals surface area contributed by atoms with Crippen molar-refractivity contribution in [3.63, 3.8) is 0 Å². The molecule has 2 aromatic heterocycles. The van der Waals surface area contributed by atoms with Crippen LogP contribution in [0, 0.1) is 0 Å². The van der Waals surface area contributed by atoms with E-state index in [0.717, 1.165) is 10.4 Å². The number of halogens is 2. The highest BCUT2D eigenvalue weighted by Gasteiger charge is 2.11. The number of carbonyl (C=O) groups is 2. The van der Waals surface area contributed by atoms with Crippen LogP contribution in [0.25, 0.3) is 0 Å². The van der Waals surface area contributed by atoms with Crippen molar-refractivity contribution in [3.8, 4) is 0 Å². The van der Waals surface area contributed by atoms with E-state index in [9.17, 15) is 9.59 Å². The molecule has 0 spiro atoms. The topological polar surface area (TPSA) is 71.1 Å². The van der Waals surface area contributed by atoms with Crippen LogP contribution >= 0.6 is 45.9 Å². The largest absolute Gasteiger partial charge is 0.351 e. The normalized spacial score (nSPS) is 10.6. The van der Waals surface area contributed by atoms with Gasteiger partial charge in [0, 0.05) is 40.5 Å². The van der Waals surface area contributed by atoms with Gasteiger partial charge in [0.15, 0.2) is 5.13 Å². The quantitative estimate of drug-likeness (QED) is 0.551. The summed E-state index contributed by atoms with van der Waals surface area (Å²) in [5.41, 5.74) is 0.905. The molecule has 0 saturated carbocycles. The Balaban J connectivity index is 1.47. The molecule has 0 atom stereocenters. The number of aromatic nitrogens is 1. The van der Waals surface area contributed by atoms with Crippen LogP contribution in [0.1, 0.15) is 26.5 Å². The zero-order valence-electron chi connectivity index (χ0n) is 14.0. The van der Waals surface area contributed by atoms with Crippen molar-refractivity contribution in [1.29, 1.82) is 0 Å². The second-order valence-corrected chi connectivity index (χ2v) is 8.48. The number of rotatable bonds is 7. The van der Waals surface area contributed by atoms with Gasteiger partial charge in [0.2, 0.25) is 5.91 Å². The average molecular weight is 440 g/mol. The summed E-state index contributed by atoms with van der Waals surface area (Å²) < 4.78 is 0. The summed E-state index contributed by atoms with van der Waals surface area (Å²) in [5.74, 6) is -0.379. The second-order valence-electron chi connectivity index (χ2n) is 5.58. The number of hydrogen-bond acceptors (Lipinski definition) is 5. The molecule has 0 aliphatic heterocycles. The predicted molar refractivity (Wildman–Crippen MR) is 111 cm³/mol. The first-order valence-corrected chi connectivity index (χ1v) is 10.5. The van der Waals surface area contributed by atoms with Gasteiger partial charge in [0.1, 0.15) is 0 Å². The molecule has 2 N–H and O–H groups in total. The lowest BCUT2D eigenvalue weighted by molar-refractivity contribution is -0.116. The highest BCUT2D eigenvalue weighted by atomic mass is 35.5. The molecule has 140 valence electrons. The highest BCUT2D eigenvalue weighted by molar-refractivity contribution is 7.15. The van der Waals surface area contributed by atoms with Crippen molar-refractivity contribution in [1.82, 2.24) is 10.3 Å². The van der Waals surface area contributed by atoms with Crippen LogP contribution in [0.2, 0.25) is 10.0 Å². The van der Waals surface area contributed by atoms with Crippen molar-refractivity contribution < 1.29 is 9.59 Å². The van der Waals surface area contributed by atoms with Gasteiger partial charge in [-0.25, -0.2) is 4.98 Å². The zero-order chi connectivity index (χ0) is 19.2. The van der Waals surface area contributed by atoms with Crippen LogP contribution in [-0.4, -0.2) is 23.3 Å². The van der Waals surface area contributed by atoms with Crippen LogP contribution in [0.5, 0.6) is 0 Å². The maximum absolute atomic E-state index is 12.0. The summed E-state index contributed by atoms with van der Waals surface area (Å²) in [5, 5.41) is 9.07. The number of amides is 2. The number of nitrogens with zero attached hydrogens (tertiary/aromatic N) is 1. The van der Waals surface area contributed by atoms with Gasteiger partial charge in [0.05, 0.1) is 4.88 Å². The van der Waals surface area contributed by atoms with Gasteiger partial charge >= 0.3 is 0 Å². The second kappa shape index (κ2) is 9.32. The Morgan fingerprint density at radius 3 is 2.81 bits per heavy atom. The molecule has 5 nitrogen and oxygen atoms in total. The van der Waals surface area contributed by atoms with Crippen molar-refractivity contribution in [2.24, 2.45) is 0 Å². The van der Waals surface area contributed by atoms with Crippen LogP contribution in [0.4, 0.5) is 5.13 Å². The van der Waals surface area contributed by atoms with Gasteiger partial charge in [-0.05, 0) is 35.2 Å². The molecule has 3 aromatic rings. The summed E-state index contributed by atoms with van der Waals surface area (Å²) in [6, 6.07) is 8.86. The number of thiazole rings is 1. The Kier molecular flexibility index (Phi) is 6.84. The molecule has 0 aliphatic carbocycles. The van der Waals surface area contributed by atoms with Crippen molar-refractivity contribution in [3.05, 3.63) is 67.3 Å². The minimum Gasteiger partial charge on any atom is -0.351 e. The molecule has 2 amide bonds. The molecule has 0 fully saturated rings. The first-order chi connectivity index (χ1) is 13.0. The zero-order valence-corrected chi connectivity index (χ0v) is 17.1. The Bertz CT molecular complexity index is 942. The number of carbonyl (C=O) groups excluding carboxylic acids is 2. The molecule has 0 bridgehead atoms. The molecular weight excluding hydrogens is 425 g/mol. The van der Waals surface area contributed by atoms with Crippen molar-refractivity contribution in [2.45, 2.75) is 12.8 Å². The standard InChI is InChI=1S/C18H15Cl2N3O2S2/c19-12-3-4-14(20)11(8-12)9-13-10-22-18(27-13)23-16(24)5-6-21-17(25)15-2-1-7-26-15/h1-4,7-8,10H,5-6,9H2,(H,21,25)(H,22,23,24). The summed E-state index contributed by atoms with van der Waals surface area (Å²) in [6.45, 7) is 0.263. The summed E-state index contributed by atoms with van der Waals surface area (Å²) in [7, 11) is 0. The summed E-state index contributed by atoms with van der Waals surface area (Å²) >= 11 is 14.9. The van der Waals surface area contributed by atoms with E-state index in [1.807, 2.05) is 17.5 Å². The van der Waals surface area contributed by atoms with Crippen molar-refractivity contribution in [2.75, 3.05) is 11.9 Å². The maximum atomic E-state index is 12.0. The first kappa shape index (κ1) is 19.8. The smallest absolute Gasteiger partial charge is 0.261 e. The van der Waals surface area contributed by atoms with Gasteiger partial charge in [-0.1, -0.05) is 29.3 Å². The van der Waals surface area contributed by atoms with E-state index in [1.54, 1.807) is 24.4 Å². The molecule has 3 rings (SSSR count). The van der Waals surface area contributed by atoms with Crippen LogP contribution in [0.3, 0.4) is 0 Å². The molecule has 0 saturated heterocycles. The van der Waals surface area contributed by atoms with Gasteiger partial charge in [0.25, 0.3) is 5.91 Å². The molecular formula is C18H15Cl2N3O2S2. The minimum absolute atomic E-state index is 0.173. The molecule has 0 unspecified atom stereocenters. The third-order valence-electron chi connectivity index (χ3n) is 3.55. The minimum atomic E-state index is -0.205. The van der Waals surface area contributed by atoms with Gasteiger partial charge in [-0.2, -0.15) is 0 Å². The SMILES string of the molecule is O=C(CCNC(=O)c1cccs1)Nc1ncc(Cc2cc(Cl)ccc2Cl)s1. The lowest BCUT2D eigenvalue weighted by Crippen LogP contribution is -2.27. The number of thiophene rings is 1. The molecule has 0 radical (unpaired) electrons. The van der Waals surface area contributed by atoms with Crippen molar-refractivity contribution >= 4 is 62.8 Å². The number of anilines is 1. The summed E-state index contributed by atoms with van der Waals surface area (Å²) in [6.07, 6.45) is 2.46. The van der Waals surface area contributed by atoms with E-state index < -0.39 is 0 Å². The maximum Gasteiger partial charge on any atom is 0.261 e. The van der Waals surface area contributed by atoms with E-state index in [4.69, 9.17) is 23.2 Å². The van der Waals surface area contributed by atoms with E-state index in [0.29, 0.717) is 26.5 Å². The van der Waals surface area contributed by atoms with E-state index >= 15 is 0 Å². The first-order valence-electron chi connectivity index (χ1n) is 8.01. The van der Waals surface area contributed by atoms with Gasteiger partial charge in [-0.3, -0.25) is 9.59 Å². The van der Waals surface area contributed by atoms with Gasteiger partial charge < -0.3 is 10.6 Å². The van der Waals surface area contributed by atoms with Crippen LogP contribution in [-0.2, 0) is 11.2 Å².